The van der Waals surface area contributed by atoms with Crippen LogP contribution in [0.4, 0.5) is 5.69 Å². The monoisotopic (exact) mass is 526 g/mol. The Hall–Kier alpha value is -2.58. The molecule has 8 heteroatoms. The molecule has 0 saturated carbocycles. The number of thioether (sulfide) groups is 1. The lowest BCUT2D eigenvalue weighted by atomic mass is 9.66. The van der Waals surface area contributed by atoms with Gasteiger partial charge in [0.15, 0.2) is 0 Å². The number of benzene rings is 1. The number of aryl methyl sites for hydroxylation is 2. The second-order valence-corrected chi connectivity index (χ2v) is 11.9. The number of aliphatic hydroxyl groups is 1. The Balaban J connectivity index is 1.75. The summed E-state index contributed by atoms with van der Waals surface area (Å²) in [5, 5.41) is 9.81. The minimum atomic E-state index is -0.792. The number of fused-ring (bicyclic) bond motifs is 1. The Bertz CT molecular complexity index is 1070. The molecule has 7 nitrogen and oxygen atoms in total. The maximum atomic E-state index is 14.5. The number of amides is 2. The number of unbranched alkanes of at least 4 members (excludes halogenated alkanes) is 1. The number of carbonyl (C=O) groups excluding carboxylic acids is 3. The third kappa shape index (κ3) is 4.42. The van der Waals surface area contributed by atoms with Crippen LogP contribution >= 0.6 is 11.8 Å². The topological polar surface area (TPSA) is 87.2 Å². The summed E-state index contributed by atoms with van der Waals surface area (Å²) in [6.07, 6.45) is 5.65. The van der Waals surface area contributed by atoms with E-state index in [1.54, 1.807) is 28.8 Å². The van der Waals surface area contributed by atoms with E-state index in [0.717, 1.165) is 29.7 Å². The van der Waals surface area contributed by atoms with Crippen molar-refractivity contribution in [3.8, 4) is 0 Å². The van der Waals surface area contributed by atoms with Gasteiger partial charge in [-0.1, -0.05) is 37.3 Å². The molecule has 3 saturated heterocycles. The fourth-order valence-corrected chi connectivity index (χ4v) is 9.12. The molecule has 37 heavy (non-hydrogen) atoms. The smallest absolute Gasteiger partial charge is 0.310 e. The SMILES string of the molecule is C=CCCCOC(=O)[C@@H]1[C@@H]2CC(C)C3(S2)C(C(=O)N(CC=C)c2c(C)cccc2C)N(CCO)C(=O)[C@H]13. The third-order valence-electron chi connectivity index (χ3n) is 8.18. The number of likely N-dealkylation sites (tertiary alicyclic amines) is 1. The Kier molecular flexibility index (Phi) is 8.19. The molecular formula is C29H38N2O5S. The Morgan fingerprint density at radius 1 is 1.27 bits per heavy atom. The van der Waals surface area contributed by atoms with Crippen molar-refractivity contribution in [2.24, 2.45) is 17.8 Å². The highest BCUT2D eigenvalue weighted by molar-refractivity contribution is 8.02. The van der Waals surface area contributed by atoms with E-state index in [0.29, 0.717) is 13.0 Å². The standard InChI is InChI=1S/C29H38N2O5S/c1-6-8-9-16-36-28(35)22-21-17-20(5)29(37-21)23(22)26(33)31(14-15-32)25(29)27(34)30(13-7-2)24-18(3)11-10-12-19(24)4/h6-7,10-12,20-23,25,32H,1-2,8-9,13-17H2,3-5H3/t20?,21-,22+,23-,25?,29?/m0/s1. The molecule has 3 aliphatic heterocycles. The van der Waals surface area contributed by atoms with Crippen molar-refractivity contribution in [2.75, 3.05) is 31.2 Å². The first-order chi connectivity index (χ1) is 17.7. The normalized spacial score (nSPS) is 29.8. The van der Waals surface area contributed by atoms with Crippen LogP contribution in [0.15, 0.2) is 43.5 Å². The van der Waals surface area contributed by atoms with Gasteiger partial charge in [-0.2, -0.15) is 0 Å². The molecule has 3 heterocycles. The number of hydrogen-bond donors (Lipinski definition) is 1. The number of carbonyl (C=O) groups is 3. The predicted octanol–water partition coefficient (Wildman–Crippen LogP) is 3.66. The first-order valence-corrected chi connectivity index (χ1v) is 14.0. The van der Waals surface area contributed by atoms with Gasteiger partial charge in [-0.05, 0) is 50.2 Å². The van der Waals surface area contributed by atoms with Crippen LogP contribution in [-0.2, 0) is 19.1 Å². The van der Waals surface area contributed by atoms with Crippen molar-refractivity contribution in [3.63, 3.8) is 0 Å². The average molecular weight is 527 g/mol. The number of allylic oxidation sites excluding steroid dienone is 1. The Labute approximate surface area is 223 Å². The molecule has 0 aromatic heterocycles. The van der Waals surface area contributed by atoms with Gasteiger partial charge in [-0.15, -0.1) is 24.9 Å². The van der Waals surface area contributed by atoms with Gasteiger partial charge in [0.05, 0.1) is 29.8 Å². The van der Waals surface area contributed by atoms with Crippen molar-refractivity contribution in [1.29, 1.82) is 0 Å². The first-order valence-electron chi connectivity index (χ1n) is 13.1. The maximum Gasteiger partial charge on any atom is 0.310 e. The maximum absolute atomic E-state index is 14.5. The van der Waals surface area contributed by atoms with Crippen LogP contribution in [0.2, 0.25) is 0 Å². The van der Waals surface area contributed by atoms with Crippen molar-refractivity contribution in [1.82, 2.24) is 4.90 Å². The van der Waals surface area contributed by atoms with E-state index >= 15 is 0 Å². The Morgan fingerprint density at radius 3 is 2.59 bits per heavy atom. The molecule has 1 aromatic rings. The molecule has 3 fully saturated rings. The molecule has 1 spiro atoms. The summed E-state index contributed by atoms with van der Waals surface area (Å²) in [4.78, 5) is 45.0. The number of rotatable bonds is 11. The summed E-state index contributed by atoms with van der Waals surface area (Å²) < 4.78 is 4.86. The largest absolute Gasteiger partial charge is 0.465 e. The number of para-hydroxylation sites is 1. The number of esters is 1. The molecule has 3 aliphatic rings. The number of anilines is 1. The molecular weight excluding hydrogens is 488 g/mol. The molecule has 200 valence electrons. The van der Waals surface area contributed by atoms with E-state index in [2.05, 4.69) is 20.1 Å². The lowest BCUT2D eigenvalue weighted by Gasteiger charge is -2.40. The fourth-order valence-electron chi connectivity index (χ4n) is 6.71. The van der Waals surface area contributed by atoms with Crippen LogP contribution in [0.1, 0.15) is 37.3 Å². The quantitative estimate of drug-likeness (QED) is 0.269. The summed E-state index contributed by atoms with van der Waals surface area (Å²) in [7, 11) is 0. The summed E-state index contributed by atoms with van der Waals surface area (Å²) in [5.74, 6) is -1.98. The van der Waals surface area contributed by atoms with Gasteiger partial charge in [0.2, 0.25) is 5.91 Å². The van der Waals surface area contributed by atoms with Gasteiger partial charge in [0, 0.05) is 24.0 Å². The van der Waals surface area contributed by atoms with Crippen molar-refractivity contribution < 1.29 is 24.2 Å². The van der Waals surface area contributed by atoms with E-state index in [1.807, 2.05) is 32.0 Å². The van der Waals surface area contributed by atoms with Crippen LogP contribution in [0.5, 0.6) is 0 Å². The number of nitrogens with zero attached hydrogens (tertiary/aromatic N) is 2. The summed E-state index contributed by atoms with van der Waals surface area (Å²) in [6, 6.07) is 5.10. The summed E-state index contributed by atoms with van der Waals surface area (Å²) in [5.41, 5.74) is 2.73. The summed E-state index contributed by atoms with van der Waals surface area (Å²) >= 11 is 1.61. The number of hydrogen-bond acceptors (Lipinski definition) is 6. The first kappa shape index (κ1) is 27.5. The zero-order valence-corrected chi connectivity index (χ0v) is 22.8. The van der Waals surface area contributed by atoms with E-state index in [9.17, 15) is 19.5 Å². The zero-order chi connectivity index (χ0) is 26.9. The molecule has 0 radical (unpaired) electrons. The molecule has 3 unspecified atom stereocenters. The van der Waals surface area contributed by atoms with Crippen LogP contribution < -0.4 is 4.90 Å². The molecule has 4 rings (SSSR count). The fraction of sp³-hybridized carbons (Fsp3) is 0.552. The molecule has 2 bridgehead atoms. The predicted molar refractivity (Wildman–Crippen MR) is 146 cm³/mol. The van der Waals surface area contributed by atoms with Gasteiger partial charge < -0.3 is 19.6 Å². The second kappa shape index (κ2) is 11.0. The minimum absolute atomic E-state index is 0.0429. The van der Waals surface area contributed by atoms with Crippen molar-refractivity contribution >= 4 is 35.2 Å². The van der Waals surface area contributed by atoms with Crippen molar-refractivity contribution in [2.45, 2.75) is 56.1 Å². The molecule has 1 aromatic carbocycles. The van der Waals surface area contributed by atoms with Gasteiger partial charge >= 0.3 is 5.97 Å². The highest BCUT2D eigenvalue weighted by Gasteiger charge is 2.76. The highest BCUT2D eigenvalue weighted by atomic mass is 32.2. The molecule has 1 N–H and O–H groups in total. The zero-order valence-electron chi connectivity index (χ0n) is 22.0. The Morgan fingerprint density at radius 2 is 1.97 bits per heavy atom. The summed E-state index contributed by atoms with van der Waals surface area (Å²) in [6.45, 7) is 14.0. The lowest BCUT2D eigenvalue weighted by Crippen LogP contribution is -2.57. The van der Waals surface area contributed by atoms with Crippen LogP contribution in [0.25, 0.3) is 0 Å². The van der Waals surface area contributed by atoms with E-state index < -0.39 is 22.6 Å². The van der Waals surface area contributed by atoms with Crippen LogP contribution in [0, 0.1) is 31.6 Å². The number of aliphatic hydroxyl groups excluding tert-OH is 1. The van der Waals surface area contributed by atoms with E-state index in [1.165, 1.54) is 4.90 Å². The van der Waals surface area contributed by atoms with Gasteiger partial charge in [-0.3, -0.25) is 14.4 Å². The van der Waals surface area contributed by atoms with Gasteiger partial charge in [0.25, 0.3) is 5.91 Å². The van der Waals surface area contributed by atoms with Gasteiger partial charge in [-0.25, -0.2) is 0 Å². The third-order valence-corrected chi connectivity index (χ3v) is 10.3. The second-order valence-electron chi connectivity index (χ2n) is 10.4. The van der Waals surface area contributed by atoms with Crippen LogP contribution in [0.3, 0.4) is 0 Å². The number of β-amino-alcohol motifs (C(OH)–C–C–N with tert-alkyl or cyclic N) is 1. The minimum Gasteiger partial charge on any atom is -0.465 e. The van der Waals surface area contributed by atoms with E-state index in [-0.39, 0.29) is 48.7 Å². The number of ether oxygens (including phenoxy) is 1. The molecule has 2 amide bonds. The molecule has 6 atom stereocenters. The van der Waals surface area contributed by atoms with Crippen LogP contribution in [-0.4, -0.2) is 70.1 Å². The van der Waals surface area contributed by atoms with E-state index in [4.69, 9.17) is 4.74 Å². The highest BCUT2D eigenvalue weighted by Crippen LogP contribution is 2.68. The van der Waals surface area contributed by atoms with Gasteiger partial charge in [0.1, 0.15) is 6.04 Å². The molecule has 0 aliphatic carbocycles. The lowest BCUT2D eigenvalue weighted by molar-refractivity contribution is -0.154. The van der Waals surface area contributed by atoms with Crippen molar-refractivity contribution in [3.05, 3.63) is 54.6 Å². The average Bonchev–Trinajstić information content (AvgIpc) is 3.45.